The number of hydrogen-bond donors (Lipinski definition) is 0. The standard InChI is InChI=1S/C14H22N2O2/c1-11-7-6-8-12(15-11)9-16(4)10-14(2,3)13(17)18-5/h6-8H,9-10H2,1-5H3. The number of hydrogen-bond acceptors (Lipinski definition) is 4. The van der Waals surface area contributed by atoms with Crippen molar-refractivity contribution < 1.29 is 9.53 Å². The Kier molecular flexibility index (Phi) is 4.84. The average molecular weight is 250 g/mol. The molecule has 0 radical (unpaired) electrons. The summed E-state index contributed by atoms with van der Waals surface area (Å²) in [5.41, 5.74) is 1.51. The van der Waals surface area contributed by atoms with Crippen molar-refractivity contribution in [2.75, 3.05) is 20.7 Å². The molecule has 0 amide bonds. The molecule has 0 aliphatic rings. The summed E-state index contributed by atoms with van der Waals surface area (Å²) in [7, 11) is 3.40. The fraction of sp³-hybridized carbons (Fsp3) is 0.571. The summed E-state index contributed by atoms with van der Waals surface area (Å²) in [5.74, 6) is -0.188. The highest BCUT2D eigenvalue weighted by Crippen LogP contribution is 2.19. The van der Waals surface area contributed by atoms with E-state index < -0.39 is 5.41 Å². The quantitative estimate of drug-likeness (QED) is 0.750. The average Bonchev–Trinajstić information content (AvgIpc) is 2.26. The van der Waals surface area contributed by atoms with Crippen LogP contribution in [-0.2, 0) is 16.1 Å². The summed E-state index contributed by atoms with van der Waals surface area (Å²) < 4.78 is 4.80. The smallest absolute Gasteiger partial charge is 0.312 e. The minimum atomic E-state index is -0.507. The lowest BCUT2D eigenvalue weighted by Gasteiger charge is -2.27. The molecule has 0 aromatic carbocycles. The molecular formula is C14H22N2O2. The highest BCUT2D eigenvalue weighted by atomic mass is 16.5. The summed E-state index contributed by atoms with van der Waals surface area (Å²) in [5, 5.41) is 0. The molecule has 1 aromatic heterocycles. The van der Waals surface area contributed by atoms with Crippen LogP contribution in [0, 0.1) is 12.3 Å². The van der Waals surface area contributed by atoms with Crippen LogP contribution < -0.4 is 0 Å². The monoisotopic (exact) mass is 250 g/mol. The Morgan fingerprint density at radius 1 is 1.44 bits per heavy atom. The first-order chi connectivity index (χ1) is 8.35. The van der Waals surface area contributed by atoms with Crippen molar-refractivity contribution in [1.29, 1.82) is 0 Å². The molecule has 0 aliphatic heterocycles. The van der Waals surface area contributed by atoms with E-state index >= 15 is 0 Å². The number of aryl methyl sites for hydroxylation is 1. The molecule has 0 atom stereocenters. The van der Waals surface area contributed by atoms with Gasteiger partial charge in [-0.15, -0.1) is 0 Å². The summed E-state index contributed by atoms with van der Waals surface area (Å²) in [6.07, 6.45) is 0. The van der Waals surface area contributed by atoms with Gasteiger partial charge in [0.15, 0.2) is 0 Å². The fourth-order valence-corrected chi connectivity index (χ4v) is 2.04. The zero-order valence-corrected chi connectivity index (χ0v) is 11.9. The number of esters is 1. The Labute approximate surface area is 109 Å². The van der Waals surface area contributed by atoms with Gasteiger partial charge >= 0.3 is 5.97 Å². The van der Waals surface area contributed by atoms with Gasteiger partial charge in [-0.2, -0.15) is 0 Å². The lowest BCUT2D eigenvalue weighted by Crippen LogP contribution is -2.37. The third kappa shape index (κ3) is 4.11. The number of pyridine rings is 1. The molecule has 0 bridgehead atoms. The molecule has 4 heteroatoms. The number of rotatable bonds is 5. The van der Waals surface area contributed by atoms with Crippen LogP contribution in [0.5, 0.6) is 0 Å². The van der Waals surface area contributed by atoms with Crippen LogP contribution >= 0.6 is 0 Å². The van der Waals surface area contributed by atoms with Crippen LogP contribution in [0.25, 0.3) is 0 Å². The number of aromatic nitrogens is 1. The minimum Gasteiger partial charge on any atom is -0.469 e. The number of methoxy groups -OCH3 is 1. The highest BCUT2D eigenvalue weighted by molar-refractivity contribution is 5.76. The van der Waals surface area contributed by atoms with E-state index in [0.29, 0.717) is 6.54 Å². The number of carbonyl (C=O) groups is 1. The van der Waals surface area contributed by atoms with E-state index in [4.69, 9.17) is 4.74 Å². The maximum absolute atomic E-state index is 11.6. The van der Waals surface area contributed by atoms with E-state index in [1.54, 1.807) is 0 Å². The van der Waals surface area contributed by atoms with Crippen LogP contribution in [-0.4, -0.2) is 36.6 Å². The predicted octanol–water partition coefficient (Wildman–Crippen LogP) is 2.02. The molecule has 0 unspecified atom stereocenters. The molecule has 100 valence electrons. The SMILES string of the molecule is COC(=O)C(C)(C)CN(C)Cc1cccc(C)n1. The van der Waals surface area contributed by atoms with Crippen LogP contribution in [0.1, 0.15) is 25.2 Å². The molecule has 0 fully saturated rings. The fourth-order valence-electron chi connectivity index (χ4n) is 2.04. The van der Waals surface area contributed by atoms with Gasteiger partial charge in [0.25, 0.3) is 0 Å². The van der Waals surface area contributed by atoms with E-state index in [2.05, 4.69) is 9.88 Å². The normalized spacial score (nSPS) is 11.7. The molecule has 0 saturated carbocycles. The Bertz CT molecular complexity index is 416. The third-order valence-electron chi connectivity index (χ3n) is 2.78. The molecule has 0 N–H and O–H groups in total. The largest absolute Gasteiger partial charge is 0.469 e. The first-order valence-corrected chi connectivity index (χ1v) is 6.04. The van der Waals surface area contributed by atoms with E-state index in [0.717, 1.165) is 17.9 Å². The molecule has 0 aliphatic carbocycles. The van der Waals surface area contributed by atoms with Crippen LogP contribution in [0.15, 0.2) is 18.2 Å². The first-order valence-electron chi connectivity index (χ1n) is 6.04. The lowest BCUT2D eigenvalue weighted by atomic mass is 9.93. The number of carbonyl (C=O) groups excluding carboxylic acids is 1. The van der Waals surface area contributed by atoms with Gasteiger partial charge < -0.3 is 4.74 Å². The topological polar surface area (TPSA) is 42.4 Å². The summed E-state index contributed by atoms with van der Waals surface area (Å²) in [6.45, 7) is 7.11. The van der Waals surface area contributed by atoms with Crippen molar-refractivity contribution >= 4 is 5.97 Å². The van der Waals surface area contributed by atoms with Crippen LogP contribution in [0.4, 0.5) is 0 Å². The second-order valence-corrected chi connectivity index (χ2v) is 5.32. The molecule has 1 heterocycles. The van der Waals surface area contributed by atoms with Crippen molar-refractivity contribution in [3.63, 3.8) is 0 Å². The van der Waals surface area contributed by atoms with E-state index in [9.17, 15) is 4.79 Å². The second kappa shape index (κ2) is 5.96. The maximum Gasteiger partial charge on any atom is 0.312 e. The van der Waals surface area contributed by atoms with Gasteiger partial charge in [-0.05, 0) is 40.0 Å². The molecule has 0 spiro atoms. The van der Waals surface area contributed by atoms with Gasteiger partial charge in [-0.3, -0.25) is 14.7 Å². The maximum atomic E-state index is 11.6. The van der Waals surface area contributed by atoms with E-state index in [1.807, 2.05) is 46.0 Å². The Morgan fingerprint density at radius 2 is 2.11 bits per heavy atom. The zero-order valence-electron chi connectivity index (χ0n) is 11.9. The second-order valence-electron chi connectivity index (χ2n) is 5.32. The van der Waals surface area contributed by atoms with Gasteiger partial charge in [-0.1, -0.05) is 6.07 Å². The zero-order chi connectivity index (χ0) is 13.8. The van der Waals surface area contributed by atoms with Crippen molar-refractivity contribution in [1.82, 2.24) is 9.88 Å². The van der Waals surface area contributed by atoms with Gasteiger partial charge in [0.05, 0.1) is 18.2 Å². The third-order valence-corrected chi connectivity index (χ3v) is 2.78. The number of ether oxygens (including phenoxy) is 1. The van der Waals surface area contributed by atoms with Gasteiger partial charge in [-0.25, -0.2) is 0 Å². The van der Waals surface area contributed by atoms with Gasteiger partial charge in [0.1, 0.15) is 0 Å². The van der Waals surface area contributed by atoms with Gasteiger partial charge in [0, 0.05) is 18.8 Å². The summed E-state index contributed by atoms with van der Waals surface area (Å²) in [4.78, 5) is 18.1. The Balaban J connectivity index is 2.61. The molecular weight excluding hydrogens is 228 g/mol. The minimum absolute atomic E-state index is 0.188. The van der Waals surface area contributed by atoms with Crippen LogP contribution in [0.3, 0.4) is 0 Å². The molecule has 0 saturated heterocycles. The van der Waals surface area contributed by atoms with Gasteiger partial charge in [0.2, 0.25) is 0 Å². The summed E-state index contributed by atoms with van der Waals surface area (Å²) in [6, 6.07) is 5.97. The Hall–Kier alpha value is -1.42. The first kappa shape index (κ1) is 14.6. The molecule has 1 rings (SSSR count). The number of nitrogens with zero attached hydrogens (tertiary/aromatic N) is 2. The molecule has 18 heavy (non-hydrogen) atoms. The highest BCUT2D eigenvalue weighted by Gasteiger charge is 2.30. The van der Waals surface area contributed by atoms with E-state index in [1.165, 1.54) is 7.11 Å². The Morgan fingerprint density at radius 3 is 2.67 bits per heavy atom. The van der Waals surface area contributed by atoms with Crippen molar-refractivity contribution in [3.8, 4) is 0 Å². The predicted molar refractivity (Wildman–Crippen MR) is 71.1 cm³/mol. The van der Waals surface area contributed by atoms with Crippen molar-refractivity contribution in [2.45, 2.75) is 27.3 Å². The summed E-state index contributed by atoms with van der Waals surface area (Å²) >= 11 is 0. The van der Waals surface area contributed by atoms with Crippen molar-refractivity contribution in [3.05, 3.63) is 29.6 Å². The molecule has 4 nitrogen and oxygen atoms in total. The van der Waals surface area contributed by atoms with Crippen LogP contribution in [0.2, 0.25) is 0 Å². The van der Waals surface area contributed by atoms with E-state index in [-0.39, 0.29) is 5.97 Å². The molecule has 1 aromatic rings. The van der Waals surface area contributed by atoms with Crippen molar-refractivity contribution in [2.24, 2.45) is 5.41 Å². The lowest BCUT2D eigenvalue weighted by molar-refractivity contribution is -0.151.